The molecule has 0 aliphatic carbocycles. The van der Waals surface area contributed by atoms with E-state index in [0.717, 1.165) is 0 Å². The molecule has 7 nitrogen and oxygen atoms in total. The highest BCUT2D eigenvalue weighted by atomic mass is 16.5. The van der Waals surface area contributed by atoms with Gasteiger partial charge in [0.1, 0.15) is 30.7 Å². The fraction of sp³-hybridized carbons (Fsp3) is 0.190. The Kier molecular flexibility index (Phi) is 5.08. The minimum absolute atomic E-state index is 0.517. The van der Waals surface area contributed by atoms with Gasteiger partial charge >= 0.3 is 0 Å². The summed E-state index contributed by atoms with van der Waals surface area (Å²) in [6.45, 7) is 2.43. The summed E-state index contributed by atoms with van der Waals surface area (Å²) >= 11 is 0. The van der Waals surface area contributed by atoms with Crippen LogP contribution in [0, 0.1) is 0 Å². The third-order valence-electron chi connectivity index (χ3n) is 4.40. The number of aromatic nitrogens is 4. The van der Waals surface area contributed by atoms with Crippen LogP contribution < -0.4 is 19.7 Å². The number of fused-ring (bicyclic) bond motifs is 1. The standard InChI is InChI=1S/C21H19BN4O3/c1-4-29-18-10-5-7-14(24-18)21-25-20-15(11-13(22)12-23-20)26(21)19-16(27-2)8-6-9-17(19)28-3/h5-12H,4H2,1-3H3. The van der Waals surface area contributed by atoms with Gasteiger partial charge in [-0.25, -0.2) is 15.0 Å². The molecular weight excluding hydrogens is 367 g/mol. The molecule has 3 aromatic heterocycles. The third kappa shape index (κ3) is 3.37. The number of nitrogens with zero attached hydrogens (tertiary/aromatic N) is 4. The Morgan fingerprint density at radius 2 is 1.72 bits per heavy atom. The molecule has 0 atom stereocenters. The first-order valence-electron chi connectivity index (χ1n) is 9.11. The summed E-state index contributed by atoms with van der Waals surface area (Å²) in [5, 5.41) is 0. The minimum atomic E-state index is 0.517. The summed E-state index contributed by atoms with van der Waals surface area (Å²) in [5.74, 6) is 2.33. The molecule has 0 bridgehead atoms. The minimum Gasteiger partial charge on any atom is -0.494 e. The van der Waals surface area contributed by atoms with Crippen LogP contribution in [-0.4, -0.2) is 48.2 Å². The Bertz CT molecular complexity index is 1150. The highest BCUT2D eigenvalue weighted by Gasteiger charge is 2.22. The van der Waals surface area contributed by atoms with Crippen LogP contribution in [0.25, 0.3) is 28.4 Å². The van der Waals surface area contributed by atoms with E-state index in [9.17, 15) is 0 Å². The summed E-state index contributed by atoms with van der Waals surface area (Å²) in [6, 6.07) is 12.9. The van der Waals surface area contributed by atoms with Crippen LogP contribution in [-0.2, 0) is 0 Å². The lowest BCUT2D eigenvalue weighted by Crippen LogP contribution is -2.07. The van der Waals surface area contributed by atoms with Crippen molar-refractivity contribution in [1.82, 2.24) is 19.5 Å². The molecule has 3 heterocycles. The molecule has 1 aromatic carbocycles. The lowest BCUT2D eigenvalue weighted by molar-refractivity contribution is 0.327. The average molecular weight is 386 g/mol. The predicted octanol–water partition coefficient (Wildman–Crippen LogP) is 2.69. The Hall–Kier alpha value is -3.55. The van der Waals surface area contributed by atoms with Gasteiger partial charge in [0.2, 0.25) is 5.88 Å². The number of para-hydroxylation sites is 1. The zero-order valence-corrected chi connectivity index (χ0v) is 16.4. The molecule has 0 N–H and O–H groups in total. The van der Waals surface area contributed by atoms with Crippen molar-refractivity contribution < 1.29 is 14.2 Å². The van der Waals surface area contributed by atoms with E-state index >= 15 is 0 Å². The number of methoxy groups -OCH3 is 2. The van der Waals surface area contributed by atoms with Gasteiger partial charge in [-0.2, -0.15) is 0 Å². The van der Waals surface area contributed by atoms with Gasteiger partial charge in [-0.05, 0) is 31.2 Å². The number of hydrogen-bond acceptors (Lipinski definition) is 6. The van der Waals surface area contributed by atoms with Crippen LogP contribution in [0.4, 0.5) is 0 Å². The van der Waals surface area contributed by atoms with Crippen molar-refractivity contribution in [2.75, 3.05) is 20.8 Å². The molecule has 4 rings (SSSR count). The fourth-order valence-electron chi connectivity index (χ4n) is 3.19. The number of benzene rings is 1. The topological polar surface area (TPSA) is 71.3 Å². The first-order valence-corrected chi connectivity index (χ1v) is 9.11. The first kappa shape index (κ1) is 18.8. The normalized spacial score (nSPS) is 10.9. The third-order valence-corrected chi connectivity index (χ3v) is 4.40. The Labute approximate surface area is 169 Å². The van der Waals surface area contributed by atoms with Gasteiger partial charge in [0, 0.05) is 12.3 Å². The second-order valence-electron chi connectivity index (χ2n) is 6.19. The van der Waals surface area contributed by atoms with E-state index in [1.807, 2.05) is 47.9 Å². The first-order chi connectivity index (χ1) is 14.2. The van der Waals surface area contributed by atoms with Gasteiger partial charge in [-0.3, -0.25) is 4.57 Å². The maximum Gasteiger partial charge on any atom is 0.213 e. The van der Waals surface area contributed by atoms with E-state index in [4.69, 9.17) is 27.0 Å². The Balaban J connectivity index is 2.07. The highest BCUT2D eigenvalue weighted by molar-refractivity contribution is 6.32. The van der Waals surface area contributed by atoms with Crippen LogP contribution >= 0.6 is 0 Å². The summed E-state index contributed by atoms with van der Waals surface area (Å²) < 4.78 is 18.7. The zero-order chi connectivity index (χ0) is 20.4. The molecule has 2 radical (unpaired) electrons. The van der Waals surface area contributed by atoms with E-state index in [1.54, 1.807) is 26.5 Å². The van der Waals surface area contributed by atoms with Crippen LogP contribution in [0.15, 0.2) is 48.7 Å². The molecule has 0 saturated carbocycles. The summed E-state index contributed by atoms with van der Waals surface area (Å²) in [4.78, 5) is 13.7. The summed E-state index contributed by atoms with van der Waals surface area (Å²) in [7, 11) is 9.24. The molecule has 0 fully saturated rings. The van der Waals surface area contributed by atoms with Gasteiger partial charge in [-0.15, -0.1) is 0 Å². The number of imidazole rings is 1. The van der Waals surface area contributed by atoms with Crippen molar-refractivity contribution >= 4 is 24.5 Å². The SMILES string of the molecule is [B]c1cnc2nc(-c3cccc(OCC)n3)n(-c3c(OC)cccc3OC)c2c1. The molecule has 0 spiro atoms. The zero-order valence-electron chi connectivity index (χ0n) is 16.4. The van der Waals surface area contributed by atoms with Gasteiger partial charge < -0.3 is 14.2 Å². The van der Waals surface area contributed by atoms with E-state index in [2.05, 4.69) is 9.97 Å². The van der Waals surface area contributed by atoms with Crippen molar-refractivity contribution in [3.63, 3.8) is 0 Å². The quantitative estimate of drug-likeness (QED) is 0.475. The van der Waals surface area contributed by atoms with Gasteiger partial charge in [0.15, 0.2) is 11.5 Å². The van der Waals surface area contributed by atoms with Crippen molar-refractivity contribution in [2.24, 2.45) is 0 Å². The van der Waals surface area contributed by atoms with Gasteiger partial charge in [0.25, 0.3) is 0 Å². The van der Waals surface area contributed by atoms with Crippen molar-refractivity contribution in [1.29, 1.82) is 0 Å². The molecule has 0 amide bonds. The van der Waals surface area contributed by atoms with Crippen LogP contribution in [0.3, 0.4) is 0 Å². The lowest BCUT2D eigenvalue weighted by Gasteiger charge is -2.16. The molecule has 29 heavy (non-hydrogen) atoms. The maximum absolute atomic E-state index is 6.02. The molecule has 0 aliphatic rings. The average Bonchev–Trinajstić information content (AvgIpc) is 3.11. The molecule has 4 aromatic rings. The second-order valence-corrected chi connectivity index (χ2v) is 6.19. The number of hydrogen-bond donors (Lipinski definition) is 0. The van der Waals surface area contributed by atoms with E-state index in [-0.39, 0.29) is 0 Å². The second kappa shape index (κ2) is 7.83. The maximum atomic E-state index is 6.02. The van der Waals surface area contributed by atoms with Gasteiger partial charge in [0.05, 0.1) is 26.3 Å². The Morgan fingerprint density at radius 1 is 1.00 bits per heavy atom. The monoisotopic (exact) mass is 386 g/mol. The smallest absolute Gasteiger partial charge is 0.213 e. The van der Waals surface area contributed by atoms with E-state index < -0.39 is 0 Å². The molecular formula is C21H19BN4O3. The number of pyridine rings is 2. The number of rotatable bonds is 6. The molecule has 8 heteroatoms. The van der Waals surface area contributed by atoms with Crippen LogP contribution in [0.1, 0.15) is 6.92 Å². The van der Waals surface area contributed by atoms with Crippen molar-refractivity contribution in [3.05, 3.63) is 48.7 Å². The number of ether oxygens (including phenoxy) is 3. The summed E-state index contributed by atoms with van der Waals surface area (Å²) in [6.07, 6.45) is 1.58. The van der Waals surface area contributed by atoms with Gasteiger partial charge in [-0.1, -0.05) is 17.6 Å². The van der Waals surface area contributed by atoms with Crippen LogP contribution in [0.5, 0.6) is 17.4 Å². The molecule has 0 saturated heterocycles. The Morgan fingerprint density at radius 3 is 2.41 bits per heavy atom. The van der Waals surface area contributed by atoms with Crippen LogP contribution in [0.2, 0.25) is 0 Å². The predicted molar refractivity (Wildman–Crippen MR) is 112 cm³/mol. The fourth-order valence-corrected chi connectivity index (χ4v) is 3.19. The molecule has 144 valence electrons. The van der Waals surface area contributed by atoms with E-state index in [0.29, 0.717) is 57.8 Å². The van der Waals surface area contributed by atoms with Crippen molar-refractivity contribution in [2.45, 2.75) is 6.92 Å². The molecule has 0 aliphatic heterocycles. The highest BCUT2D eigenvalue weighted by Crippen LogP contribution is 2.37. The molecule has 0 unspecified atom stereocenters. The largest absolute Gasteiger partial charge is 0.494 e. The van der Waals surface area contributed by atoms with Crippen molar-refractivity contribution in [3.8, 4) is 34.6 Å². The lowest BCUT2D eigenvalue weighted by atomic mass is 9.99. The summed E-state index contributed by atoms with van der Waals surface area (Å²) in [5.41, 5.74) is 3.08. The van der Waals surface area contributed by atoms with E-state index in [1.165, 1.54) is 0 Å².